The zero-order valence-corrected chi connectivity index (χ0v) is 12.3. The van der Waals surface area contributed by atoms with E-state index in [4.69, 9.17) is 5.73 Å². The van der Waals surface area contributed by atoms with Gasteiger partial charge in [-0.3, -0.25) is 4.68 Å². The topological polar surface area (TPSA) is 103 Å². The monoisotopic (exact) mass is 301 g/mol. The van der Waals surface area contributed by atoms with E-state index in [0.717, 1.165) is 23.5 Å². The Balaban J connectivity index is 2.04. The molecule has 7 nitrogen and oxygen atoms in total. The van der Waals surface area contributed by atoms with Gasteiger partial charge < -0.3 is 11.1 Å². The van der Waals surface area contributed by atoms with Crippen molar-refractivity contribution in [3.8, 4) is 0 Å². The number of nitrogen functional groups attached to an aromatic ring is 1. The van der Waals surface area contributed by atoms with Gasteiger partial charge in [0.15, 0.2) is 15.7 Å². The second kappa shape index (κ2) is 5.17. The van der Waals surface area contributed by atoms with Gasteiger partial charge in [0.1, 0.15) is 9.90 Å². The standard InChI is InChI=1S/C10H15N5O2S2/c1-15-6-4-7(13-15)3-5-12-10-8(19(2,16)17)9(11)14-18-10/h4,6,12H,3,5H2,1-2H3,(H2,11,14). The van der Waals surface area contributed by atoms with Crippen LogP contribution in [0.5, 0.6) is 0 Å². The summed E-state index contributed by atoms with van der Waals surface area (Å²) in [5.74, 6) is 0.0489. The maximum atomic E-state index is 11.6. The Morgan fingerprint density at radius 2 is 2.26 bits per heavy atom. The highest BCUT2D eigenvalue weighted by Crippen LogP contribution is 2.31. The second-order valence-electron chi connectivity index (χ2n) is 4.16. The molecule has 0 unspecified atom stereocenters. The van der Waals surface area contributed by atoms with Crippen molar-refractivity contribution in [3.05, 3.63) is 18.0 Å². The van der Waals surface area contributed by atoms with Gasteiger partial charge in [0.05, 0.1) is 5.69 Å². The number of sulfone groups is 1. The first-order valence-corrected chi connectivity index (χ1v) is 8.22. The largest absolute Gasteiger partial charge is 0.382 e. The quantitative estimate of drug-likeness (QED) is 0.834. The average molecular weight is 301 g/mol. The van der Waals surface area contributed by atoms with E-state index in [1.807, 2.05) is 19.3 Å². The molecule has 19 heavy (non-hydrogen) atoms. The van der Waals surface area contributed by atoms with Crippen LogP contribution in [0, 0.1) is 0 Å². The number of nitrogens with one attached hydrogen (secondary N) is 1. The lowest BCUT2D eigenvalue weighted by Crippen LogP contribution is -2.08. The molecule has 0 saturated heterocycles. The summed E-state index contributed by atoms with van der Waals surface area (Å²) in [6.07, 6.45) is 3.68. The van der Waals surface area contributed by atoms with Gasteiger partial charge in [-0.15, -0.1) is 0 Å². The Hall–Kier alpha value is -1.61. The van der Waals surface area contributed by atoms with Crippen molar-refractivity contribution in [3.63, 3.8) is 0 Å². The van der Waals surface area contributed by atoms with Crippen LogP contribution in [0.2, 0.25) is 0 Å². The predicted molar refractivity (Wildman–Crippen MR) is 75.0 cm³/mol. The van der Waals surface area contributed by atoms with Crippen molar-refractivity contribution in [2.24, 2.45) is 7.05 Å². The zero-order valence-electron chi connectivity index (χ0n) is 10.6. The maximum absolute atomic E-state index is 11.6. The van der Waals surface area contributed by atoms with Gasteiger partial charge in [-0.05, 0) is 17.6 Å². The van der Waals surface area contributed by atoms with Crippen LogP contribution in [0.4, 0.5) is 10.8 Å². The Labute approximate surface area is 115 Å². The molecule has 104 valence electrons. The summed E-state index contributed by atoms with van der Waals surface area (Å²) in [6, 6.07) is 1.92. The van der Waals surface area contributed by atoms with E-state index < -0.39 is 9.84 Å². The van der Waals surface area contributed by atoms with Crippen molar-refractivity contribution < 1.29 is 8.42 Å². The van der Waals surface area contributed by atoms with E-state index in [9.17, 15) is 8.42 Å². The van der Waals surface area contributed by atoms with E-state index >= 15 is 0 Å². The number of aryl methyl sites for hydroxylation is 1. The van der Waals surface area contributed by atoms with Gasteiger partial charge in [-0.25, -0.2) is 8.42 Å². The zero-order chi connectivity index (χ0) is 14.0. The molecule has 0 spiro atoms. The predicted octanol–water partition coefficient (Wildman–Crippen LogP) is 0.517. The lowest BCUT2D eigenvalue weighted by atomic mass is 10.3. The fourth-order valence-corrected chi connectivity index (χ4v) is 3.76. The highest BCUT2D eigenvalue weighted by molar-refractivity contribution is 7.91. The number of nitrogens with two attached hydrogens (primary N) is 1. The normalized spacial score (nSPS) is 11.7. The molecule has 0 aromatic carbocycles. The van der Waals surface area contributed by atoms with E-state index in [0.29, 0.717) is 18.0 Å². The maximum Gasteiger partial charge on any atom is 0.182 e. The number of anilines is 2. The minimum absolute atomic E-state index is 0.0489. The molecule has 2 rings (SSSR count). The molecular formula is C10H15N5O2S2. The molecule has 0 aliphatic carbocycles. The Morgan fingerprint density at radius 1 is 1.53 bits per heavy atom. The van der Waals surface area contributed by atoms with Crippen LogP contribution in [-0.4, -0.2) is 35.4 Å². The fraction of sp³-hybridized carbons (Fsp3) is 0.400. The molecule has 0 fully saturated rings. The van der Waals surface area contributed by atoms with E-state index in [2.05, 4.69) is 14.8 Å². The summed E-state index contributed by atoms with van der Waals surface area (Å²) >= 11 is 1.05. The molecule has 0 aliphatic heterocycles. The first kappa shape index (κ1) is 13.8. The van der Waals surface area contributed by atoms with Gasteiger partial charge in [0, 0.05) is 32.5 Å². The van der Waals surface area contributed by atoms with E-state index in [-0.39, 0.29) is 10.7 Å². The van der Waals surface area contributed by atoms with Crippen LogP contribution in [0.25, 0.3) is 0 Å². The number of rotatable bonds is 5. The van der Waals surface area contributed by atoms with Crippen LogP contribution in [-0.2, 0) is 23.3 Å². The van der Waals surface area contributed by atoms with Gasteiger partial charge in [0.2, 0.25) is 0 Å². The number of aromatic nitrogens is 3. The van der Waals surface area contributed by atoms with Gasteiger partial charge in [-0.1, -0.05) is 0 Å². The molecule has 9 heteroatoms. The first-order valence-electron chi connectivity index (χ1n) is 5.55. The second-order valence-corrected chi connectivity index (χ2v) is 6.88. The third-order valence-electron chi connectivity index (χ3n) is 2.48. The van der Waals surface area contributed by atoms with Crippen molar-refractivity contribution >= 4 is 32.2 Å². The van der Waals surface area contributed by atoms with Crippen molar-refractivity contribution in [2.75, 3.05) is 23.9 Å². The van der Waals surface area contributed by atoms with Crippen molar-refractivity contribution in [2.45, 2.75) is 11.3 Å². The molecule has 2 heterocycles. The smallest absolute Gasteiger partial charge is 0.182 e. The molecular weight excluding hydrogens is 286 g/mol. The Bertz CT molecular complexity index is 674. The third kappa shape index (κ3) is 3.24. The molecule has 0 bridgehead atoms. The third-order valence-corrected chi connectivity index (χ3v) is 4.58. The minimum atomic E-state index is -3.37. The summed E-state index contributed by atoms with van der Waals surface area (Å²) < 4.78 is 28.8. The molecule has 2 aromatic heterocycles. The fourth-order valence-electron chi connectivity index (χ4n) is 1.67. The molecule has 0 amide bonds. The first-order chi connectivity index (χ1) is 8.88. The average Bonchev–Trinajstić information content (AvgIpc) is 2.85. The molecule has 0 saturated carbocycles. The van der Waals surface area contributed by atoms with Crippen LogP contribution >= 0.6 is 11.5 Å². The molecule has 2 aromatic rings. The SMILES string of the molecule is Cn1ccc(CCNc2snc(N)c2S(C)(=O)=O)n1. The van der Waals surface area contributed by atoms with Gasteiger partial charge in [0.25, 0.3) is 0 Å². The van der Waals surface area contributed by atoms with E-state index in [1.54, 1.807) is 4.68 Å². The van der Waals surface area contributed by atoms with E-state index in [1.165, 1.54) is 0 Å². The summed E-state index contributed by atoms with van der Waals surface area (Å²) in [7, 11) is -1.52. The van der Waals surface area contributed by atoms with Crippen LogP contribution in [0.1, 0.15) is 5.69 Å². The molecule has 0 radical (unpaired) electrons. The summed E-state index contributed by atoms with van der Waals surface area (Å²) in [5, 5.41) is 7.77. The lowest BCUT2D eigenvalue weighted by Gasteiger charge is -2.04. The van der Waals surface area contributed by atoms with Gasteiger partial charge in [-0.2, -0.15) is 9.47 Å². The van der Waals surface area contributed by atoms with Crippen LogP contribution in [0.3, 0.4) is 0 Å². The summed E-state index contributed by atoms with van der Waals surface area (Å²) in [5.41, 5.74) is 6.52. The number of hydrogen-bond donors (Lipinski definition) is 2. The molecule has 0 aliphatic rings. The summed E-state index contributed by atoms with van der Waals surface area (Å²) in [6.45, 7) is 0.571. The highest BCUT2D eigenvalue weighted by atomic mass is 32.2. The molecule has 0 atom stereocenters. The van der Waals surface area contributed by atoms with Crippen LogP contribution < -0.4 is 11.1 Å². The highest BCUT2D eigenvalue weighted by Gasteiger charge is 2.20. The minimum Gasteiger partial charge on any atom is -0.382 e. The number of nitrogens with zero attached hydrogens (tertiary/aromatic N) is 3. The lowest BCUT2D eigenvalue weighted by molar-refractivity contribution is 0.602. The summed E-state index contributed by atoms with van der Waals surface area (Å²) in [4.78, 5) is 0.0820. The Morgan fingerprint density at radius 3 is 2.84 bits per heavy atom. The number of hydrogen-bond acceptors (Lipinski definition) is 7. The van der Waals surface area contributed by atoms with Crippen molar-refractivity contribution in [1.29, 1.82) is 0 Å². The van der Waals surface area contributed by atoms with Gasteiger partial charge >= 0.3 is 0 Å². The molecule has 3 N–H and O–H groups in total. The van der Waals surface area contributed by atoms with Crippen LogP contribution in [0.15, 0.2) is 17.2 Å². The Kier molecular flexibility index (Phi) is 3.76. The van der Waals surface area contributed by atoms with Crippen molar-refractivity contribution in [1.82, 2.24) is 14.2 Å².